The van der Waals surface area contributed by atoms with Gasteiger partial charge in [-0.2, -0.15) is 0 Å². The van der Waals surface area contributed by atoms with Crippen LogP contribution in [0.25, 0.3) is 0 Å². The quantitative estimate of drug-likeness (QED) is 0.612. The molecule has 0 amide bonds. The summed E-state index contributed by atoms with van der Waals surface area (Å²) in [6.45, 7) is 5.64. The third kappa shape index (κ3) is 2.77. The van der Waals surface area contributed by atoms with Crippen molar-refractivity contribution in [2.24, 2.45) is 5.73 Å². The fourth-order valence-corrected chi connectivity index (χ4v) is 1.37. The first-order valence-corrected chi connectivity index (χ1v) is 4.30. The van der Waals surface area contributed by atoms with E-state index in [1.165, 1.54) is 0 Å². The minimum absolute atomic E-state index is 0.275. The van der Waals surface area contributed by atoms with Gasteiger partial charge in [0, 0.05) is 31.8 Å². The summed E-state index contributed by atoms with van der Waals surface area (Å²) in [5.41, 5.74) is 5.69. The number of ether oxygens (including phenoxy) is 1. The molecule has 1 aliphatic rings. The van der Waals surface area contributed by atoms with E-state index < -0.39 is 0 Å². The first kappa shape index (κ1) is 8.97. The summed E-state index contributed by atoms with van der Waals surface area (Å²) in [6, 6.07) is 0. The van der Waals surface area contributed by atoms with E-state index in [4.69, 9.17) is 10.5 Å². The van der Waals surface area contributed by atoms with Gasteiger partial charge in [0.05, 0.1) is 0 Å². The molecule has 0 spiro atoms. The van der Waals surface area contributed by atoms with Gasteiger partial charge in [-0.1, -0.05) is 0 Å². The molecule has 1 aliphatic heterocycles. The lowest BCUT2D eigenvalue weighted by atomic mass is 9.92. The van der Waals surface area contributed by atoms with Gasteiger partial charge in [0.25, 0.3) is 0 Å². The van der Waals surface area contributed by atoms with E-state index in [9.17, 15) is 0 Å². The highest BCUT2D eigenvalue weighted by Crippen LogP contribution is 2.18. The molecule has 0 bridgehead atoms. The Balaban J connectivity index is 2.25. The molecule has 0 aliphatic carbocycles. The van der Waals surface area contributed by atoms with Gasteiger partial charge < -0.3 is 15.8 Å². The zero-order valence-corrected chi connectivity index (χ0v) is 7.23. The summed E-state index contributed by atoms with van der Waals surface area (Å²) >= 11 is 0. The van der Waals surface area contributed by atoms with E-state index in [1.807, 2.05) is 0 Å². The van der Waals surface area contributed by atoms with Gasteiger partial charge in [-0.25, -0.2) is 0 Å². The fraction of sp³-hybridized carbons (Fsp3) is 1.00. The molecule has 1 rings (SSSR count). The molecule has 0 aromatic carbocycles. The van der Waals surface area contributed by atoms with Crippen LogP contribution >= 0.6 is 0 Å². The number of nitrogens with two attached hydrogens (primary N) is 1. The smallest absolute Gasteiger partial charge is 0.0483 e. The number of nitrogens with one attached hydrogen (secondary N) is 1. The minimum atomic E-state index is 0.275. The zero-order chi connectivity index (χ0) is 8.16. The lowest BCUT2D eigenvalue weighted by Crippen LogP contribution is -2.48. The summed E-state index contributed by atoms with van der Waals surface area (Å²) in [5, 5.41) is 3.44. The van der Waals surface area contributed by atoms with Crippen LogP contribution in [0.2, 0.25) is 0 Å². The topological polar surface area (TPSA) is 47.3 Å². The summed E-state index contributed by atoms with van der Waals surface area (Å²) < 4.78 is 5.27. The highest BCUT2D eigenvalue weighted by Gasteiger charge is 2.25. The fourth-order valence-electron chi connectivity index (χ4n) is 1.37. The van der Waals surface area contributed by atoms with Crippen LogP contribution in [-0.4, -0.2) is 31.8 Å². The zero-order valence-electron chi connectivity index (χ0n) is 7.23. The Kier molecular flexibility index (Phi) is 3.30. The Morgan fingerprint density at radius 2 is 2.09 bits per heavy atom. The molecule has 11 heavy (non-hydrogen) atoms. The third-order valence-electron chi connectivity index (χ3n) is 2.29. The first-order valence-electron chi connectivity index (χ1n) is 4.30. The molecule has 0 radical (unpaired) electrons. The van der Waals surface area contributed by atoms with Gasteiger partial charge in [0.15, 0.2) is 0 Å². The van der Waals surface area contributed by atoms with E-state index in [2.05, 4.69) is 12.2 Å². The van der Waals surface area contributed by atoms with Crippen molar-refractivity contribution in [3.63, 3.8) is 0 Å². The van der Waals surface area contributed by atoms with Gasteiger partial charge in [-0.05, 0) is 19.8 Å². The van der Waals surface area contributed by atoms with E-state index in [0.29, 0.717) is 0 Å². The van der Waals surface area contributed by atoms with E-state index >= 15 is 0 Å². The highest BCUT2D eigenvalue weighted by atomic mass is 16.5. The predicted molar refractivity (Wildman–Crippen MR) is 45.5 cm³/mol. The van der Waals surface area contributed by atoms with Crippen LogP contribution < -0.4 is 11.1 Å². The SMILES string of the molecule is CC1(NCCN)CCOCC1. The van der Waals surface area contributed by atoms with E-state index in [-0.39, 0.29) is 5.54 Å². The molecule has 3 N–H and O–H groups in total. The summed E-state index contributed by atoms with van der Waals surface area (Å²) in [6.07, 6.45) is 2.21. The molecule has 0 aromatic heterocycles. The Labute approximate surface area is 68.3 Å². The van der Waals surface area contributed by atoms with Crippen LogP contribution in [-0.2, 0) is 4.74 Å². The molecule has 0 aromatic rings. The molecule has 1 fully saturated rings. The molecule has 0 atom stereocenters. The van der Waals surface area contributed by atoms with Gasteiger partial charge in [0.2, 0.25) is 0 Å². The standard InChI is InChI=1S/C8H18N2O/c1-8(10-5-4-9)2-6-11-7-3-8/h10H,2-7,9H2,1H3. The molecule has 1 heterocycles. The lowest BCUT2D eigenvalue weighted by molar-refractivity contribution is 0.0458. The summed E-state index contributed by atoms with van der Waals surface area (Å²) in [7, 11) is 0. The second-order valence-corrected chi connectivity index (χ2v) is 3.39. The van der Waals surface area contributed by atoms with Gasteiger partial charge in [0.1, 0.15) is 0 Å². The number of rotatable bonds is 3. The van der Waals surface area contributed by atoms with Crippen molar-refractivity contribution in [1.82, 2.24) is 5.32 Å². The molecular weight excluding hydrogens is 140 g/mol. The van der Waals surface area contributed by atoms with Crippen molar-refractivity contribution in [2.75, 3.05) is 26.3 Å². The second-order valence-electron chi connectivity index (χ2n) is 3.39. The van der Waals surface area contributed by atoms with Gasteiger partial charge >= 0.3 is 0 Å². The number of hydrogen-bond acceptors (Lipinski definition) is 3. The predicted octanol–water partition coefficient (Wildman–Crippen LogP) is 0.104. The molecular formula is C8H18N2O. The van der Waals surface area contributed by atoms with Crippen LogP contribution in [0.5, 0.6) is 0 Å². The second kappa shape index (κ2) is 4.04. The van der Waals surface area contributed by atoms with Crippen molar-refractivity contribution in [3.05, 3.63) is 0 Å². The average molecular weight is 158 g/mol. The Bertz CT molecular complexity index is 111. The molecule has 3 heteroatoms. The first-order chi connectivity index (χ1) is 5.27. The van der Waals surface area contributed by atoms with Crippen LogP contribution in [0.1, 0.15) is 19.8 Å². The van der Waals surface area contributed by atoms with Crippen molar-refractivity contribution < 1.29 is 4.74 Å². The summed E-state index contributed by atoms with van der Waals surface area (Å²) in [4.78, 5) is 0. The number of hydrogen-bond donors (Lipinski definition) is 2. The van der Waals surface area contributed by atoms with Crippen LogP contribution in [0, 0.1) is 0 Å². The van der Waals surface area contributed by atoms with Crippen molar-refractivity contribution in [1.29, 1.82) is 0 Å². The average Bonchev–Trinajstić information content (AvgIpc) is 2.03. The van der Waals surface area contributed by atoms with Gasteiger partial charge in [-0.15, -0.1) is 0 Å². The van der Waals surface area contributed by atoms with Crippen molar-refractivity contribution in [2.45, 2.75) is 25.3 Å². The summed E-state index contributed by atoms with van der Waals surface area (Å²) in [5.74, 6) is 0. The normalized spacial score (nSPS) is 23.5. The highest BCUT2D eigenvalue weighted by molar-refractivity contribution is 4.85. The third-order valence-corrected chi connectivity index (χ3v) is 2.29. The molecule has 1 saturated heterocycles. The van der Waals surface area contributed by atoms with Crippen molar-refractivity contribution >= 4 is 0 Å². The molecule has 66 valence electrons. The molecule has 3 nitrogen and oxygen atoms in total. The Morgan fingerprint density at radius 1 is 1.45 bits per heavy atom. The van der Waals surface area contributed by atoms with Crippen molar-refractivity contribution in [3.8, 4) is 0 Å². The van der Waals surface area contributed by atoms with E-state index in [0.717, 1.165) is 39.1 Å². The maximum absolute atomic E-state index is 5.41. The largest absolute Gasteiger partial charge is 0.381 e. The van der Waals surface area contributed by atoms with Crippen LogP contribution in [0.3, 0.4) is 0 Å². The minimum Gasteiger partial charge on any atom is -0.381 e. The van der Waals surface area contributed by atoms with E-state index in [1.54, 1.807) is 0 Å². The Hall–Kier alpha value is -0.120. The van der Waals surface area contributed by atoms with Crippen LogP contribution in [0.4, 0.5) is 0 Å². The maximum atomic E-state index is 5.41. The maximum Gasteiger partial charge on any atom is 0.0483 e. The Morgan fingerprint density at radius 3 is 2.64 bits per heavy atom. The monoisotopic (exact) mass is 158 g/mol. The van der Waals surface area contributed by atoms with Gasteiger partial charge in [-0.3, -0.25) is 0 Å². The molecule has 0 unspecified atom stereocenters. The molecule has 0 saturated carbocycles. The lowest BCUT2D eigenvalue weighted by Gasteiger charge is -2.34. The van der Waals surface area contributed by atoms with Crippen LogP contribution in [0.15, 0.2) is 0 Å².